The number of benzene rings is 1. The largest absolute Gasteiger partial charge is 0.444 e. The lowest BCUT2D eigenvalue weighted by Crippen LogP contribution is -2.37. The van der Waals surface area contributed by atoms with Crippen LogP contribution in [0.4, 0.5) is 4.79 Å². The summed E-state index contributed by atoms with van der Waals surface area (Å²) in [7, 11) is 0. The first-order valence-electron chi connectivity index (χ1n) is 6.44. The first-order chi connectivity index (χ1) is 9.39. The highest BCUT2D eigenvalue weighted by atomic mass is 32.1. The highest BCUT2D eigenvalue weighted by Crippen LogP contribution is 2.26. The van der Waals surface area contributed by atoms with E-state index in [1.165, 1.54) is 11.3 Å². The van der Waals surface area contributed by atoms with Gasteiger partial charge in [-0.15, -0.1) is 11.3 Å². The van der Waals surface area contributed by atoms with Gasteiger partial charge in [0, 0.05) is 6.54 Å². The number of ether oxygens (including phenoxy) is 1. The molecule has 1 aromatic heterocycles. The first-order valence-corrected chi connectivity index (χ1v) is 7.26. The molecular formula is C14H19N3O2S. The van der Waals surface area contributed by atoms with Crippen LogP contribution in [0.2, 0.25) is 0 Å². The van der Waals surface area contributed by atoms with Gasteiger partial charge in [0.2, 0.25) is 0 Å². The molecule has 0 saturated heterocycles. The topological polar surface area (TPSA) is 77.2 Å². The van der Waals surface area contributed by atoms with Gasteiger partial charge >= 0.3 is 6.09 Å². The molecule has 0 aliphatic heterocycles. The summed E-state index contributed by atoms with van der Waals surface area (Å²) in [4.78, 5) is 16.3. The number of alkyl carbamates (subject to hydrolysis) is 1. The van der Waals surface area contributed by atoms with Gasteiger partial charge in [-0.1, -0.05) is 12.1 Å². The van der Waals surface area contributed by atoms with Gasteiger partial charge < -0.3 is 15.8 Å². The third-order valence-corrected chi connectivity index (χ3v) is 3.69. The van der Waals surface area contributed by atoms with Crippen molar-refractivity contribution in [2.45, 2.75) is 32.4 Å². The molecule has 1 amide bonds. The Labute approximate surface area is 122 Å². The molecule has 3 N–H and O–H groups in total. The number of amides is 1. The van der Waals surface area contributed by atoms with Gasteiger partial charge in [-0.25, -0.2) is 9.78 Å². The van der Waals surface area contributed by atoms with E-state index in [9.17, 15) is 4.79 Å². The van der Waals surface area contributed by atoms with Crippen LogP contribution in [0.25, 0.3) is 10.2 Å². The standard InChI is InChI=1S/C14H19N3O2S/c1-14(2,3)19-13(18)17-10(8-15)12-16-9-6-4-5-7-11(9)20-12/h4-7,10H,8,15H2,1-3H3,(H,17,18). The molecule has 2 aromatic rings. The second kappa shape index (κ2) is 5.76. The van der Waals surface area contributed by atoms with Crippen molar-refractivity contribution in [2.24, 2.45) is 5.73 Å². The van der Waals surface area contributed by atoms with Crippen LogP contribution in [-0.2, 0) is 4.74 Å². The quantitative estimate of drug-likeness (QED) is 0.912. The minimum Gasteiger partial charge on any atom is -0.444 e. The van der Waals surface area contributed by atoms with Crippen LogP contribution in [0.5, 0.6) is 0 Å². The molecule has 0 fully saturated rings. The van der Waals surface area contributed by atoms with Crippen molar-refractivity contribution in [3.63, 3.8) is 0 Å². The zero-order chi connectivity index (χ0) is 14.8. The molecule has 0 bridgehead atoms. The van der Waals surface area contributed by atoms with Crippen LogP contribution in [0.15, 0.2) is 24.3 Å². The Morgan fingerprint density at radius 3 is 2.75 bits per heavy atom. The van der Waals surface area contributed by atoms with E-state index in [1.54, 1.807) is 0 Å². The summed E-state index contributed by atoms with van der Waals surface area (Å²) >= 11 is 1.53. The van der Waals surface area contributed by atoms with Crippen molar-refractivity contribution in [3.8, 4) is 0 Å². The zero-order valence-corrected chi connectivity index (χ0v) is 12.7. The Kier molecular flexibility index (Phi) is 4.25. The van der Waals surface area contributed by atoms with Crippen molar-refractivity contribution < 1.29 is 9.53 Å². The molecule has 1 heterocycles. The number of hydrogen-bond acceptors (Lipinski definition) is 5. The molecule has 1 atom stereocenters. The molecule has 108 valence electrons. The van der Waals surface area contributed by atoms with E-state index in [-0.39, 0.29) is 12.6 Å². The van der Waals surface area contributed by atoms with Gasteiger partial charge in [-0.05, 0) is 32.9 Å². The molecule has 2 rings (SSSR count). The Balaban J connectivity index is 2.13. The lowest BCUT2D eigenvalue weighted by molar-refractivity contribution is 0.0505. The van der Waals surface area contributed by atoms with Crippen LogP contribution >= 0.6 is 11.3 Å². The fourth-order valence-electron chi connectivity index (χ4n) is 1.71. The lowest BCUT2D eigenvalue weighted by atomic mass is 10.2. The van der Waals surface area contributed by atoms with E-state index in [2.05, 4.69) is 10.3 Å². The van der Waals surface area contributed by atoms with E-state index < -0.39 is 11.7 Å². The van der Waals surface area contributed by atoms with E-state index >= 15 is 0 Å². The molecule has 20 heavy (non-hydrogen) atoms. The second-order valence-corrected chi connectivity index (χ2v) is 6.52. The zero-order valence-electron chi connectivity index (χ0n) is 11.8. The molecular weight excluding hydrogens is 274 g/mol. The summed E-state index contributed by atoms with van der Waals surface area (Å²) in [5.74, 6) is 0. The van der Waals surface area contributed by atoms with E-state index in [4.69, 9.17) is 10.5 Å². The smallest absolute Gasteiger partial charge is 0.408 e. The maximum Gasteiger partial charge on any atom is 0.408 e. The van der Waals surface area contributed by atoms with Crippen LogP contribution < -0.4 is 11.1 Å². The van der Waals surface area contributed by atoms with Crippen molar-refractivity contribution in [3.05, 3.63) is 29.3 Å². The molecule has 0 saturated carbocycles. The van der Waals surface area contributed by atoms with Crippen molar-refractivity contribution >= 4 is 27.6 Å². The number of nitrogens with zero attached hydrogens (tertiary/aromatic N) is 1. The summed E-state index contributed by atoms with van der Waals surface area (Å²) in [6, 6.07) is 7.50. The number of nitrogens with one attached hydrogen (secondary N) is 1. The maximum atomic E-state index is 11.8. The number of nitrogens with two attached hydrogens (primary N) is 1. The minimum absolute atomic E-state index is 0.277. The Morgan fingerprint density at radius 1 is 1.45 bits per heavy atom. The fourth-order valence-corrected chi connectivity index (χ4v) is 2.74. The SMILES string of the molecule is CC(C)(C)OC(=O)NC(CN)c1nc2ccccc2s1. The maximum absolute atomic E-state index is 11.8. The molecule has 0 aliphatic carbocycles. The average Bonchev–Trinajstić information content (AvgIpc) is 2.77. The summed E-state index contributed by atoms with van der Waals surface area (Å²) in [5.41, 5.74) is 6.12. The van der Waals surface area contributed by atoms with Crippen LogP contribution in [0, 0.1) is 0 Å². The van der Waals surface area contributed by atoms with Crippen molar-refractivity contribution in [1.29, 1.82) is 0 Å². The average molecular weight is 293 g/mol. The first kappa shape index (κ1) is 14.7. The number of thiazole rings is 1. The van der Waals surface area contributed by atoms with Gasteiger partial charge in [0.25, 0.3) is 0 Å². The van der Waals surface area contributed by atoms with Crippen LogP contribution in [-0.4, -0.2) is 23.2 Å². The third-order valence-electron chi connectivity index (χ3n) is 2.54. The molecule has 0 radical (unpaired) electrons. The Hall–Kier alpha value is -1.66. The second-order valence-electron chi connectivity index (χ2n) is 5.45. The van der Waals surface area contributed by atoms with E-state index in [1.807, 2.05) is 45.0 Å². The predicted octanol–water partition coefficient (Wildman–Crippen LogP) is 2.82. The summed E-state index contributed by atoms with van der Waals surface area (Å²) < 4.78 is 6.31. The van der Waals surface area contributed by atoms with Gasteiger partial charge in [-0.2, -0.15) is 0 Å². The molecule has 5 nitrogen and oxygen atoms in total. The molecule has 0 spiro atoms. The van der Waals surface area contributed by atoms with E-state index in [0.29, 0.717) is 0 Å². The predicted molar refractivity (Wildman–Crippen MR) is 80.8 cm³/mol. The number of rotatable bonds is 3. The van der Waals surface area contributed by atoms with Crippen LogP contribution in [0.1, 0.15) is 31.8 Å². The third kappa shape index (κ3) is 3.68. The molecule has 1 unspecified atom stereocenters. The number of aromatic nitrogens is 1. The van der Waals surface area contributed by atoms with Crippen molar-refractivity contribution in [1.82, 2.24) is 10.3 Å². The Bertz CT molecular complexity index is 571. The van der Waals surface area contributed by atoms with Gasteiger partial charge in [-0.3, -0.25) is 0 Å². The number of fused-ring (bicyclic) bond motifs is 1. The number of carbonyl (C=O) groups excluding carboxylic acids is 1. The summed E-state index contributed by atoms with van der Waals surface area (Å²) in [5, 5.41) is 3.55. The highest BCUT2D eigenvalue weighted by Gasteiger charge is 2.21. The molecule has 6 heteroatoms. The normalized spacial score (nSPS) is 13.2. The van der Waals surface area contributed by atoms with Crippen molar-refractivity contribution in [2.75, 3.05) is 6.54 Å². The van der Waals surface area contributed by atoms with Gasteiger partial charge in [0.15, 0.2) is 0 Å². The van der Waals surface area contributed by atoms with Crippen LogP contribution in [0.3, 0.4) is 0 Å². The van der Waals surface area contributed by atoms with Gasteiger partial charge in [0.05, 0.1) is 16.3 Å². The summed E-state index contributed by atoms with van der Waals surface area (Å²) in [6.07, 6.45) is -0.479. The fraction of sp³-hybridized carbons (Fsp3) is 0.429. The number of hydrogen-bond donors (Lipinski definition) is 2. The highest BCUT2D eigenvalue weighted by molar-refractivity contribution is 7.18. The lowest BCUT2D eigenvalue weighted by Gasteiger charge is -2.22. The minimum atomic E-state index is -0.531. The number of carbonyl (C=O) groups is 1. The number of para-hydroxylation sites is 1. The van der Waals surface area contributed by atoms with Gasteiger partial charge in [0.1, 0.15) is 10.6 Å². The summed E-state index contributed by atoms with van der Waals surface area (Å²) in [6.45, 7) is 5.74. The monoisotopic (exact) mass is 293 g/mol. The Morgan fingerprint density at radius 2 is 2.15 bits per heavy atom. The molecule has 0 aliphatic rings. The van der Waals surface area contributed by atoms with E-state index in [0.717, 1.165) is 15.2 Å². The molecule has 1 aromatic carbocycles.